The topological polar surface area (TPSA) is 54.9 Å². The van der Waals surface area contributed by atoms with Crippen molar-refractivity contribution in [3.8, 4) is 0 Å². The fraction of sp³-hybridized carbons (Fsp3) is 0. The summed E-state index contributed by atoms with van der Waals surface area (Å²) in [6.07, 6.45) is 2.93. The molecule has 0 atom stereocenters. The SMILES string of the molecule is O=C(Nc1ccncn1)c1ccc(Cl)cc1. The maximum atomic E-state index is 11.7. The van der Waals surface area contributed by atoms with Crippen LogP contribution in [0.4, 0.5) is 5.82 Å². The molecule has 0 aliphatic carbocycles. The average molecular weight is 234 g/mol. The van der Waals surface area contributed by atoms with Crippen molar-refractivity contribution >= 4 is 23.3 Å². The Morgan fingerprint density at radius 1 is 1.19 bits per heavy atom. The Bertz CT molecular complexity index is 484. The molecule has 0 saturated carbocycles. The maximum absolute atomic E-state index is 11.7. The second-order valence-corrected chi connectivity index (χ2v) is 3.49. The summed E-state index contributed by atoms with van der Waals surface area (Å²) in [5, 5.41) is 3.24. The van der Waals surface area contributed by atoms with Gasteiger partial charge in [0.2, 0.25) is 0 Å². The summed E-state index contributed by atoms with van der Waals surface area (Å²) in [6, 6.07) is 8.25. The number of anilines is 1. The number of nitrogens with one attached hydrogen (secondary N) is 1. The predicted octanol–water partition coefficient (Wildman–Crippen LogP) is 2.38. The molecule has 1 aromatic heterocycles. The van der Waals surface area contributed by atoms with Gasteiger partial charge in [0.15, 0.2) is 0 Å². The number of carbonyl (C=O) groups excluding carboxylic acids is 1. The number of hydrogen-bond donors (Lipinski definition) is 1. The van der Waals surface area contributed by atoms with Gasteiger partial charge in [-0.25, -0.2) is 9.97 Å². The van der Waals surface area contributed by atoms with E-state index < -0.39 is 0 Å². The number of hydrogen-bond acceptors (Lipinski definition) is 3. The monoisotopic (exact) mass is 233 g/mol. The first-order chi connectivity index (χ1) is 7.75. The molecule has 0 aliphatic rings. The molecule has 1 N–H and O–H groups in total. The lowest BCUT2D eigenvalue weighted by molar-refractivity contribution is 0.102. The first kappa shape index (κ1) is 10.6. The molecular weight excluding hydrogens is 226 g/mol. The Balaban J connectivity index is 2.12. The number of halogens is 1. The summed E-state index contributed by atoms with van der Waals surface area (Å²) in [7, 11) is 0. The van der Waals surface area contributed by atoms with Gasteiger partial charge in [-0.1, -0.05) is 11.6 Å². The van der Waals surface area contributed by atoms with Crippen LogP contribution in [0.5, 0.6) is 0 Å². The van der Waals surface area contributed by atoms with E-state index in [9.17, 15) is 4.79 Å². The third kappa shape index (κ3) is 2.55. The van der Waals surface area contributed by atoms with E-state index in [1.807, 2.05) is 0 Å². The average Bonchev–Trinajstić information content (AvgIpc) is 2.31. The lowest BCUT2D eigenvalue weighted by atomic mass is 10.2. The van der Waals surface area contributed by atoms with Crippen LogP contribution in [0.2, 0.25) is 5.02 Å². The minimum absolute atomic E-state index is 0.227. The Morgan fingerprint density at radius 2 is 1.94 bits per heavy atom. The summed E-state index contributed by atoms with van der Waals surface area (Å²) < 4.78 is 0. The summed E-state index contributed by atoms with van der Waals surface area (Å²) in [5.74, 6) is 0.241. The Morgan fingerprint density at radius 3 is 2.56 bits per heavy atom. The van der Waals surface area contributed by atoms with E-state index in [-0.39, 0.29) is 5.91 Å². The normalized spacial score (nSPS) is 9.81. The van der Waals surface area contributed by atoms with Crippen LogP contribution in [-0.2, 0) is 0 Å². The highest BCUT2D eigenvalue weighted by Crippen LogP contribution is 2.10. The third-order valence-corrected chi connectivity index (χ3v) is 2.18. The number of aromatic nitrogens is 2. The van der Waals surface area contributed by atoms with E-state index >= 15 is 0 Å². The molecule has 0 spiro atoms. The summed E-state index contributed by atoms with van der Waals surface area (Å²) in [5.41, 5.74) is 0.531. The van der Waals surface area contributed by atoms with Crippen LogP contribution in [0.1, 0.15) is 10.4 Å². The zero-order valence-electron chi connectivity index (χ0n) is 8.22. The fourth-order valence-electron chi connectivity index (χ4n) is 1.15. The minimum Gasteiger partial charge on any atom is -0.306 e. The quantitative estimate of drug-likeness (QED) is 0.867. The van der Waals surface area contributed by atoms with Gasteiger partial charge in [0.1, 0.15) is 12.1 Å². The largest absolute Gasteiger partial charge is 0.306 e. The highest BCUT2D eigenvalue weighted by molar-refractivity contribution is 6.30. The highest BCUT2D eigenvalue weighted by atomic mass is 35.5. The zero-order valence-corrected chi connectivity index (χ0v) is 8.98. The van der Waals surface area contributed by atoms with Crippen LogP contribution in [-0.4, -0.2) is 15.9 Å². The van der Waals surface area contributed by atoms with Crippen molar-refractivity contribution in [1.82, 2.24) is 9.97 Å². The van der Waals surface area contributed by atoms with Gasteiger partial charge >= 0.3 is 0 Å². The molecule has 0 unspecified atom stereocenters. The van der Waals surface area contributed by atoms with Crippen molar-refractivity contribution < 1.29 is 4.79 Å². The summed E-state index contributed by atoms with van der Waals surface area (Å²) in [4.78, 5) is 19.4. The first-order valence-electron chi connectivity index (χ1n) is 4.58. The van der Waals surface area contributed by atoms with Crippen molar-refractivity contribution in [2.75, 3.05) is 5.32 Å². The molecule has 0 radical (unpaired) electrons. The summed E-state index contributed by atoms with van der Waals surface area (Å²) >= 11 is 5.72. The van der Waals surface area contributed by atoms with Crippen molar-refractivity contribution in [1.29, 1.82) is 0 Å². The van der Waals surface area contributed by atoms with Crippen LogP contribution in [0.15, 0.2) is 42.9 Å². The molecular formula is C11H8ClN3O. The van der Waals surface area contributed by atoms with E-state index in [2.05, 4.69) is 15.3 Å². The van der Waals surface area contributed by atoms with Crippen LogP contribution < -0.4 is 5.32 Å². The van der Waals surface area contributed by atoms with E-state index in [0.29, 0.717) is 16.4 Å². The van der Waals surface area contributed by atoms with E-state index in [0.717, 1.165) is 0 Å². The lowest BCUT2D eigenvalue weighted by Crippen LogP contribution is -2.12. The zero-order chi connectivity index (χ0) is 11.4. The van der Waals surface area contributed by atoms with E-state index in [1.165, 1.54) is 6.33 Å². The van der Waals surface area contributed by atoms with Crippen molar-refractivity contribution in [2.45, 2.75) is 0 Å². The van der Waals surface area contributed by atoms with Crippen LogP contribution >= 0.6 is 11.6 Å². The van der Waals surface area contributed by atoms with Crippen LogP contribution in [0.3, 0.4) is 0 Å². The smallest absolute Gasteiger partial charge is 0.256 e. The second kappa shape index (κ2) is 4.72. The van der Waals surface area contributed by atoms with Gasteiger partial charge in [0.05, 0.1) is 0 Å². The Hall–Kier alpha value is -1.94. The molecule has 16 heavy (non-hydrogen) atoms. The molecule has 4 nitrogen and oxygen atoms in total. The van der Waals surface area contributed by atoms with Gasteiger partial charge in [0.25, 0.3) is 5.91 Å². The molecule has 1 aromatic carbocycles. The van der Waals surface area contributed by atoms with Gasteiger partial charge < -0.3 is 5.32 Å². The molecule has 2 rings (SSSR count). The highest BCUT2D eigenvalue weighted by Gasteiger charge is 2.05. The minimum atomic E-state index is -0.227. The number of rotatable bonds is 2. The van der Waals surface area contributed by atoms with Crippen molar-refractivity contribution in [3.63, 3.8) is 0 Å². The number of nitrogens with zero attached hydrogens (tertiary/aromatic N) is 2. The Kier molecular flexibility index (Phi) is 3.12. The molecule has 1 heterocycles. The number of carbonyl (C=O) groups is 1. The van der Waals surface area contributed by atoms with Gasteiger partial charge in [-0.2, -0.15) is 0 Å². The first-order valence-corrected chi connectivity index (χ1v) is 4.96. The molecule has 2 aromatic rings. The molecule has 0 saturated heterocycles. The van der Waals surface area contributed by atoms with Crippen LogP contribution in [0.25, 0.3) is 0 Å². The Labute approximate surface area is 97.3 Å². The lowest BCUT2D eigenvalue weighted by Gasteiger charge is -2.03. The fourth-order valence-corrected chi connectivity index (χ4v) is 1.28. The van der Waals surface area contributed by atoms with Gasteiger partial charge in [-0.3, -0.25) is 4.79 Å². The molecule has 80 valence electrons. The molecule has 0 bridgehead atoms. The molecule has 5 heteroatoms. The van der Waals surface area contributed by atoms with E-state index in [4.69, 9.17) is 11.6 Å². The predicted molar refractivity (Wildman–Crippen MR) is 61.4 cm³/mol. The maximum Gasteiger partial charge on any atom is 0.256 e. The number of benzene rings is 1. The van der Waals surface area contributed by atoms with Gasteiger partial charge in [-0.05, 0) is 30.3 Å². The third-order valence-electron chi connectivity index (χ3n) is 1.93. The van der Waals surface area contributed by atoms with Crippen molar-refractivity contribution in [2.24, 2.45) is 0 Å². The summed E-state index contributed by atoms with van der Waals surface area (Å²) in [6.45, 7) is 0. The molecule has 0 aliphatic heterocycles. The van der Waals surface area contributed by atoms with Crippen molar-refractivity contribution in [3.05, 3.63) is 53.4 Å². The number of amides is 1. The molecule has 1 amide bonds. The van der Waals surface area contributed by atoms with Gasteiger partial charge in [-0.15, -0.1) is 0 Å². The van der Waals surface area contributed by atoms with Gasteiger partial charge in [0, 0.05) is 16.8 Å². The standard InChI is InChI=1S/C11H8ClN3O/c12-9-3-1-8(2-4-9)11(16)15-10-5-6-13-7-14-10/h1-7H,(H,13,14,15,16). The van der Waals surface area contributed by atoms with E-state index in [1.54, 1.807) is 36.5 Å². The second-order valence-electron chi connectivity index (χ2n) is 3.06. The molecule has 0 fully saturated rings. The van der Waals surface area contributed by atoms with Crippen LogP contribution in [0, 0.1) is 0 Å².